The van der Waals surface area contributed by atoms with Crippen molar-refractivity contribution in [3.8, 4) is 11.8 Å². The minimum absolute atomic E-state index is 0.115. The summed E-state index contributed by atoms with van der Waals surface area (Å²) >= 11 is 0. The number of carbonyl (C=O) groups is 1. The number of benzene rings is 1. The molecule has 0 aromatic heterocycles. The van der Waals surface area contributed by atoms with Gasteiger partial charge in [-0.2, -0.15) is 0 Å². The number of aliphatic hydroxyl groups is 1. The maximum atomic E-state index is 12.2. The van der Waals surface area contributed by atoms with Crippen molar-refractivity contribution >= 4 is 11.6 Å². The van der Waals surface area contributed by atoms with Crippen LogP contribution in [0.4, 0.5) is 5.69 Å². The largest absolute Gasteiger partial charge is 0.384 e. The second-order valence-corrected chi connectivity index (χ2v) is 5.49. The highest BCUT2D eigenvalue weighted by molar-refractivity contribution is 5.92. The third-order valence-corrected chi connectivity index (χ3v) is 3.83. The first-order valence-electron chi connectivity index (χ1n) is 7.19. The van der Waals surface area contributed by atoms with Gasteiger partial charge in [0.05, 0.1) is 0 Å². The lowest BCUT2D eigenvalue weighted by Crippen LogP contribution is -2.26. The maximum absolute atomic E-state index is 12.2. The van der Waals surface area contributed by atoms with E-state index in [2.05, 4.69) is 24.1 Å². The lowest BCUT2D eigenvalue weighted by molar-refractivity contribution is -0.121. The van der Waals surface area contributed by atoms with Crippen LogP contribution in [0.25, 0.3) is 0 Å². The fourth-order valence-electron chi connectivity index (χ4n) is 2.58. The summed E-state index contributed by atoms with van der Waals surface area (Å²) in [4.78, 5) is 12.2. The zero-order chi connectivity index (χ0) is 14.4. The Labute approximate surface area is 120 Å². The first kappa shape index (κ1) is 14.6. The molecule has 3 nitrogen and oxygen atoms in total. The van der Waals surface area contributed by atoms with E-state index in [1.54, 1.807) is 0 Å². The van der Waals surface area contributed by atoms with E-state index < -0.39 is 0 Å². The quantitative estimate of drug-likeness (QED) is 0.813. The number of rotatable bonds is 2. The number of hydrogen-bond acceptors (Lipinski definition) is 2. The van der Waals surface area contributed by atoms with E-state index in [0.29, 0.717) is 0 Å². The Balaban J connectivity index is 1.97. The van der Waals surface area contributed by atoms with Crippen LogP contribution in [0, 0.1) is 23.7 Å². The minimum atomic E-state index is -0.156. The Hall–Kier alpha value is -1.79. The minimum Gasteiger partial charge on any atom is -0.384 e. The molecule has 0 radical (unpaired) electrons. The van der Waals surface area contributed by atoms with Crippen molar-refractivity contribution in [2.45, 2.75) is 32.6 Å². The summed E-state index contributed by atoms with van der Waals surface area (Å²) in [6.45, 7) is 2.09. The summed E-state index contributed by atoms with van der Waals surface area (Å²) in [7, 11) is 0. The molecule has 0 bridgehead atoms. The standard InChI is InChI=1S/C17H21NO2/c1-13-7-9-15(10-8-13)17(20)18-16-6-2-4-14(12-16)5-3-11-19/h2,4,6,12-13,15,19H,7-11H2,1H3,(H,18,20). The van der Waals surface area contributed by atoms with E-state index >= 15 is 0 Å². The topological polar surface area (TPSA) is 49.3 Å². The molecule has 0 atom stereocenters. The molecule has 2 N–H and O–H groups in total. The van der Waals surface area contributed by atoms with Crippen molar-refractivity contribution in [1.29, 1.82) is 0 Å². The molecular formula is C17H21NO2. The van der Waals surface area contributed by atoms with Gasteiger partial charge in [0.15, 0.2) is 0 Å². The van der Waals surface area contributed by atoms with Crippen molar-refractivity contribution in [2.75, 3.05) is 11.9 Å². The molecule has 0 spiro atoms. The highest BCUT2D eigenvalue weighted by atomic mass is 16.2. The molecule has 0 saturated heterocycles. The normalized spacial score (nSPS) is 21.7. The number of aliphatic hydroxyl groups excluding tert-OH is 1. The average molecular weight is 271 g/mol. The van der Waals surface area contributed by atoms with Gasteiger partial charge in [-0.3, -0.25) is 4.79 Å². The predicted molar refractivity (Wildman–Crippen MR) is 80.2 cm³/mol. The number of hydrogen-bond donors (Lipinski definition) is 2. The summed E-state index contributed by atoms with van der Waals surface area (Å²) in [6.07, 6.45) is 4.24. The van der Waals surface area contributed by atoms with Gasteiger partial charge in [-0.1, -0.05) is 24.8 Å². The summed E-state index contributed by atoms with van der Waals surface area (Å²) in [5.41, 5.74) is 1.58. The molecule has 1 fully saturated rings. The fourth-order valence-corrected chi connectivity index (χ4v) is 2.58. The zero-order valence-corrected chi connectivity index (χ0v) is 11.9. The van der Waals surface area contributed by atoms with Gasteiger partial charge in [-0.15, -0.1) is 0 Å². The highest BCUT2D eigenvalue weighted by Gasteiger charge is 2.24. The maximum Gasteiger partial charge on any atom is 0.227 e. The smallest absolute Gasteiger partial charge is 0.227 e. The van der Waals surface area contributed by atoms with Gasteiger partial charge in [-0.25, -0.2) is 0 Å². The summed E-state index contributed by atoms with van der Waals surface area (Å²) in [6, 6.07) is 7.43. The van der Waals surface area contributed by atoms with Crippen molar-refractivity contribution in [3.63, 3.8) is 0 Å². The lowest BCUT2D eigenvalue weighted by atomic mass is 9.82. The van der Waals surface area contributed by atoms with Crippen molar-refractivity contribution in [1.82, 2.24) is 0 Å². The third-order valence-electron chi connectivity index (χ3n) is 3.83. The molecule has 0 aliphatic heterocycles. The van der Waals surface area contributed by atoms with Crippen LogP contribution in [0.2, 0.25) is 0 Å². The number of amides is 1. The third kappa shape index (κ3) is 4.11. The van der Waals surface area contributed by atoms with Gasteiger partial charge < -0.3 is 10.4 Å². The Morgan fingerprint density at radius 2 is 2.10 bits per heavy atom. The van der Waals surface area contributed by atoms with Crippen LogP contribution >= 0.6 is 0 Å². The SMILES string of the molecule is CC1CCC(C(=O)Nc2cccc(C#CCO)c2)CC1. The number of nitrogens with one attached hydrogen (secondary N) is 1. The molecule has 20 heavy (non-hydrogen) atoms. The van der Waals surface area contributed by atoms with Crippen molar-refractivity contribution in [2.24, 2.45) is 11.8 Å². The summed E-state index contributed by atoms with van der Waals surface area (Å²) in [5.74, 6) is 6.45. The molecule has 1 saturated carbocycles. The van der Waals surface area contributed by atoms with Gasteiger partial charge in [0, 0.05) is 17.2 Å². The lowest BCUT2D eigenvalue weighted by Gasteiger charge is -2.25. The molecule has 0 unspecified atom stereocenters. The van der Waals surface area contributed by atoms with Crippen molar-refractivity contribution in [3.05, 3.63) is 29.8 Å². The molecule has 1 amide bonds. The van der Waals surface area contributed by atoms with Gasteiger partial charge in [0.2, 0.25) is 5.91 Å². The van der Waals surface area contributed by atoms with Gasteiger partial charge in [-0.05, 0) is 49.8 Å². The fraction of sp³-hybridized carbons (Fsp3) is 0.471. The van der Waals surface area contributed by atoms with Crippen LogP contribution in [0.3, 0.4) is 0 Å². The highest BCUT2D eigenvalue weighted by Crippen LogP contribution is 2.29. The van der Waals surface area contributed by atoms with E-state index in [1.165, 1.54) is 0 Å². The Morgan fingerprint density at radius 3 is 2.80 bits per heavy atom. The van der Waals surface area contributed by atoms with Crippen molar-refractivity contribution < 1.29 is 9.90 Å². The molecule has 2 rings (SSSR count). The Morgan fingerprint density at radius 1 is 1.35 bits per heavy atom. The Bertz CT molecular complexity index is 519. The monoisotopic (exact) mass is 271 g/mol. The summed E-state index contributed by atoms with van der Waals surface area (Å²) < 4.78 is 0. The second kappa shape index (κ2) is 7.12. The van der Waals surface area contributed by atoms with E-state index in [4.69, 9.17) is 5.11 Å². The van der Waals surface area contributed by atoms with E-state index in [-0.39, 0.29) is 18.4 Å². The Kier molecular flexibility index (Phi) is 5.20. The van der Waals surface area contributed by atoms with Crippen LogP contribution < -0.4 is 5.32 Å². The molecule has 106 valence electrons. The molecular weight excluding hydrogens is 250 g/mol. The first-order valence-corrected chi connectivity index (χ1v) is 7.19. The van der Waals surface area contributed by atoms with Gasteiger partial charge in [0.1, 0.15) is 6.61 Å². The van der Waals surface area contributed by atoms with E-state index in [0.717, 1.165) is 42.9 Å². The molecule has 1 aromatic carbocycles. The molecule has 1 aromatic rings. The van der Waals surface area contributed by atoms with Gasteiger partial charge in [0.25, 0.3) is 0 Å². The number of anilines is 1. The first-order chi connectivity index (χ1) is 9.69. The summed E-state index contributed by atoms with van der Waals surface area (Å²) in [5, 5.41) is 11.7. The average Bonchev–Trinajstić information content (AvgIpc) is 2.46. The second-order valence-electron chi connectivity index (χ2n) is 5.49. The van der Waals surface area contributed by atoms with E-state index in [9.17, 15) is 4.79 Å². The number of carbonyl (C=O) groups excluding carboxylic acids is 1. The molecule has 1 aliphatic carbocycles. The van der Waals surface area contributed by atoms with Gasteiger partial charge >= 0.3 is 0 Å². The van der Waals surface area contributed by atoms with Crippen LogP contribution in [-0.2, 0) is 4.79 Å². The predicted octanol–water partition coefficient (Wildman–Crippen LogP) is 2.80. The van der Waals surface area contributed by atoms with Crippen LogP contribution in [0.5, 0.6) is 0 Å². The van der Waals surface area contributed by atoms with Crippen LogP contribution in [0.1, 0.15) is 38.2 Å². The molecule has 1 aliphatic rings. The zero-order valence-electron chi connectivity index (χ0n) is 11.9. The van der Waals surface area contributed by atoms with Crippen LogP contribution in [-0.4, -0.2) is 17.6 Å². The molecule has 3 heteroatoms. The molecule has 0 heterocycles. The van der Waals surface area contributed by atoms with Crippen LogP contribution in [0.15, 0.2) is 24.3 Å². The van der Waals surface area contributed by atoms with E-state index in [1.807, 2.05) is 24.3 Å².